The molecule has 0 aliphatic carbocycles. The molecular weight excluding hydrogens is 206 g/mol. The van der Waals surface area contributed by atoms with Crippen LogP contribution in [0.3, 0.4) is 0 Å². The first-order chi connectivity index (χ1) is 7.65. The number of fused-ring (bicyclic) bond motifs is 1. The molecule has 0 fully saturated rings. The Morgan fingerprint density at radius 2 is 2.12 bits per heavy atom. The van der Waals surface area contributed by atoms with Gasteiger partial charge in [0.05, 0.1) is 6.61 Å². The zero-order valence-corrected chi connectivity index (χ0v) is 9.36. The Hall–Kier alpha value is -1.97. The number of H-pyrrole nitrogens is 1. The van der Waals surface area contributed by atoms with Crippen molar-refractivity contribution in [1.29, 1.82) is 0 Å². The average Bonchev–Trinajstić information content (AvgIpc) is 2.62. The van der Waals surface area contributed by atoms with E-state index in [0.717, 1.165) is 10.9 Å². The molecule has 2 aromatic rings. The highest BCUT2D eigenvalue weighted by atomic mass is 16.5. The summed E-state index contributed by atoms with van der Waals surface area (Å²) in [5.74, 6) is 0.105. The molecule has 0 bridgehead atoms. The van der Waals surface area contributed by atoms with Gasteiger partial charge in [-0.25, -0.2) is 0 Å². The number of aromatic amines is 1. The minimum Gasteiger partial charge on any atom is -0.506 e. The normalized spacial score (nSPS) is 9.38. The van der Waals surface area contributed by atoms with E-state index >= 15 is 0 Å². The molecule has 2 N–H and O–H groups in total. The third kappa shape index (κ3) is 3.31. The van der Waals surface area contributed by atoms with Gasteiger partial charge in [0, 0.05) is 24.0 Å². The highest BCUT2D eigenvalue weighted by Gasteiger charge is 1.97. The predicted octanol–water partition coefficient (Wildman–Crippen LogP) is 2.44. The number of aromatic nitrogens is 1. The molecule has 0 radical (unpaired) electrons. The van der Waals surface area contributed by atoms with Crippen LogP contribution in [0.25, 0.3) is 10.9 Å². The number of para-hydroxylation sites is 1. The van der Waals surface area contributed by atoms with E-state index in [9.17, 15) is 9.90 Å². The van der Waals surface area contributed by atoms with E-state index in [0.29, 0.717) is 12.4 Å². The van der Waals surface area contributed by atoms with Crippen molar-refractivity contribution < 1.29 is 14.6 Å². The van der Waals surface area contributed by atoms with Gasteiger partial charge in [-0.2, -0.15) is 0 Å². The van der Waals surface area contributed by atoms with Crippen LogP contribution in [0.15, 0.2) is 30.5 Å². The fourth-order valence-corrected chi connectivity index (χ4v) is 1.26. The van der Waals surface area contributed by atoms with E-state index in [4.69, 9.17) is 0 Å². The number of ether oxygens (including phenoxy) is 1. The van der Waals surface area contributed by atoms with E-state index in [1.807, 2.05) is 24.3 Å². The van der Waals surface area contributed by atoms with Crippen molar-refractivity contribution in [3.05, 3.63) is 30.5 Å². The summed E-state index contributed by atoms with van der Waals surface area (Å²) in [5, 5.41) is 10.1. The summed E-state index contributed by atoms with van der Waals surface area (Å²) < 4.78 is 4.40. The smallest absolute Gasteiger partial charge is 0.302 e. The van der Waals surface area contributed by atoms with Crippen molar-refractivity contribution in [1.82, 2.24) is 4.98 Å². The Morgan fingerprint density at radius 3 is 2.62 bits per heavy atom. The van der Waals surface area contributed by atoms with E-state index in [1.54, 1.807) is 13.1 Å². The number of esters is 1. The number of carbonyl (C=O) groups is 1. The molecule has 86 valence electrons. The number of hydrogen-bond donors (Lipinski definition) is 2. The van der Waals surface area contributed by atoms with Crippen LogP contribution in [0.4, 0.5) is 0 Å². The van der Waals surface area contributed by atoms with Gasteiger partial charge in [-0.1, -0.05) is 12.1 Å². The van der Waals surface area contributed by atoms with Crippen LogP contribution in [0.1, 0.15) is 13.8 Å². The molecule has 1 heterocycles. The van der Waals surface area contributed by atoms with Crippen molar-refractivity contribution >= 4 is 16.9 Å². The van der Waals surface area contributed by atoms with Gasteiger partial charge in [0.1, 0.15) is 5.75 Å². The Balaban J connectivity index is 0.000000187. The van der Waals surface area contributed by atoms with Gasteiger partial charge in [-0.15, -0.1) is 0 Å². The second-order valence-electron chi connectivity index (χ2n) is 3.14. The highest BCUT2D eigenvalue weighted by molar-refractivity contribution is 5.85. The first-order valence-electron chi connectivity index (χ1n) is 5.03. The molecule has 0 amide bonds. The van der Waals surface area contributed by atoms with E-state index in [1.165, 1.54) is 6.92 Å². The van der Waals surface area contributed by atoms with E-state index in [-0.39, 0.29) is 5.97 Å². The summed E-state index contributed by atoms with van der Waals surface area (Å²) in [4.78, 5) is 12.8. The average molecular weight is 221 g/mol. The fourth-order valence-electron chi connectivity index (χ4n) is 1.26. The van der Waals surface area contributed by atoms with Crippen LogP contribution in [0.5, 0.6) is 5.75 Å². The van der Waals surface area contributed by atoms with Gasteiger partial charge in [0.25, 0.3) is 0 Å². The van der Waals surface area contributed by atoms with Crippen molar-refractivity contribution in [2.24, 2.45) is 0 Å². The summed E-state index contributed by atoms with van der Waals surface area (Å²) in [6.07, 6.45) is 1.59. The van der Waals surface area contributed by atoms with Crippen LogP contribution in [0, 0.1) is 0 Å². The lowest BCUT2D eigenvalue weighted by molar-refractivity contribution is -0.140. The SMILES string of the molecule is CCOC(C)=O.Oc1c[nH]c2ccccc12. The third-order valence-electron chi connectivity index (χ3n) is 1.92. The Bertz CT molecular complexity index is 462. The predicted molar refractivity (Wildman–Crippen MR) is 62.3 cm³/mol. The standard InChI is InChI=1S/C8H7NO.C4H8O2/c10-8-5-9-7-4-2-1-3-6(7)8;1-3-6-4(2)5/h1-5,9-10H;3H2,1-2H3. The van der Waals surface area contributed by atoms with Gasteiger partial charge in [0.15, 0.2) is 0 Å². The number of benzene rings is 1. The monoisotopic (exact) mass is 221 g/mol. The van der Waals surface area contributed by atoms with Crippen LogP contribution in [-0.2, 0) is 9.53 Å². The number of aromatic hydroxyl groups is 1. The first kappa shape index (κ1) is 12.1. The Kier molecular flexibility index (Phi) is 4.39. The topological polar surface area (TPSA) is 62.3 Å². The first-order valence-corrected chi connectivity index (χ1v) is 5.03. The molecule has 0 saturated heterocycles. The quantitative estimate of drug-likeness (QED) is 0.727. The molecule has 1 aromatic carbocycles. The van der Waals surface area contributed by atoms with E-state index < -0.39 is 0 Å². The molecule has 1 aromatic heterocycles. The van der Waals surface area contributed by atoms with Gasteiger partial charge in [0.2, 0.25) is 0 Å². The molecule has 0 aliphatic rings. The molecular formula is C12H15NO3. The highest BCUT2D eigenvalue weighted by Crippen LogP contribution is 2.22. The Morgan fingerprint density at radius 1 is 1.44 bits per heavy atom. The van der Waals surface area contributed by atoms with Gasteiger partial charge in [-0.3, -0.25) is 4.79 Å². The van der Waals surface area contributed by atoms with Crippen molar-refractivity contribution in [2.45, 2.75) is 13.8 Å². The zero-order chi connectivity index (χ0) is 12.0. The second kappa shape index (κ2) is 5.80. The zero-order valence-electron chi connectivity index (χ0n) is 9.36. The lowest BCUT2D eigenvalue weighted by Crippen LogP contribution is -1.95. The van der Waals surface area contributed by atoms with Crippen LogP contribution in [-0.4, -0.2) is 22.7 Å². The summed E-state index contributed by atoms with van der Waals surface area (Å²) >= 11 is 0. The van der Waals surface area contributed by atoms with Crippen molar-refractivity contribution in [3.63, 3.8) is 0 Å². The van der Waals surface area contributed by atoms with Crippen molar-refractivity contribution in [2.75, 3.05) is 6.61 Å². The van der Waals surface area contributed by atoms with Crippen molar-refractivity contribution in [3.8, 4) is 5.75 Å². The molecule has 0 saturated carbocycles. The number of carbonyl (C=O) groups excluding carboxylic acids is 1. The molecule has 16 heavy (non-hydrogen) atoms. The summed E-state index contributed by atoms with van der Waals surface area (Å²) in [6, 6.07) is 7.63. The molecule has 4 heteroatoms. The fraction of sp³-hybridized carbons (Fsp3) is 0.250. The molecule has 0 spiro atoms. The number of nitrogens with one attached hydrogen (secondary N) is 1. The number of rotatable bonds is 1. The summed E-state index contributed by atoms with van der Waals surface area (Å²) in [5.41, 5.74) is 0.972. The van der Waals surface area contributed by atoms with Gasteiger partial charge < -0.3 is 14.8 Å². The third-order valence-corrected chi connectivity index (χ3v) is 1.92. The van der Waals surface area contributed by atoms with E-state index in [2.05, 4.69) is 9.72 Å². The minimum atomic E-state index is -0.211. The molecule has 0 atom stereocenters. The largest absolute Gasteiger partial charge is 0.506 e. The maximum atomic E-state index is 9.82. The van der Waals surface area contributed by atoms with Gasteiger partial charge in [-0.05, 0) is 19.1 Å². The minimum absolute atomic E-state index is 0.211. The molecule has 0 aliphatic heterocycles. The lowest BCUT2D eigenvalue weighted by Gasteiger charge is -1.89. The molecule has 0 unspecified atom stereocenters. The summed E-state index contributed by atoms with van der Waals surface area (Å²) in [6.45, 7) is 3.65. The maximum absolute atomic E-state index is 9.82. The second-order valence-corrected chi connectivity index (χ2v) is 3.14. The van der Waals surface area contributed by atoms with Crippen LogP contribution < -0.4 is 0 Å². The van der Waals surface area contributed by atoms with Gasteiger partial charge >= 0.3 is 5.97 Å². The number of hydrogen-bond acceptors (Lipinski definition) is 3. The summed E-state index contributed by atoms with van der Waals surface area (Å²) in [7, 11) is 0. The lowest BCUT2D eigenvalue weighted by atomic mass is 10.2. The molecule has 2 rings (SSSR count). The molecule has 4 nitrogen and oxygen atoms in total. The maximum Gasteiger partial charge on any atom is 0.302 e. The Labute approximate surface area is 93.9 Å². The van der Waals surface area contributed by atoms with Crippen LogP contribution in [0.2, 0.25) is 0 Å². The van der Waals surface area contributed by atoms with Crippen LogP contribution >= 0.6 is 0 Å².